The molecule has 0 fully saturated rings. The van der Waals surface area contributed by atoms with E-state index in [0.29, 0.717) is 0 Å². The summed E-state index contributed by atoms with van der Waals surface area (Å²) in [5.41, 5.74) is 2.47. The first-order chi connectivity index (χ1) is 8.29. The smallest absolute Gasteiger partial charge is 0.174 e. The summed E-state index contributed by atoms with van der Waals surface area (Å²) in [4.78, 5) is 24.5. The molecule has 2 heteroatoms. The number of Topliss-reactive ketones (excluding diaryl/α,β-unsaturated/α-hetero) is 2. The first kappa shape index (κ1) is 10.5. The van der Waals surface area contributed by atoms with Crippen molar-refractivity contribution in [3.63, 3.8) is 0 Å². The van der Waals surface area contributed by atoms with Gasteiger partial charge in [-0.3, -0.25) is 9.59 Å². The van der Waals surface area contributed by atoms with E-state index in [1.54, 1.807) is 0 Å². The SMILES string of the molecule is O=C1C2=C(CCCC2)C(=O)C1c1ccccc1. The van der Waals surface area contributed by atoms with Gasteiger partial charge in [0.25, 0.3) is 0 Å². The van der Waals surface area contributed by atoms with Crippen molar-refractivity contribution < 1.29 is 9.59 Å². The number of hydrogen-bond acceptors (Lipinski definition) is 2. The molecule has 0 bridgehead atoms. The van der Waals surface area contributed by atoms with Crippen LogP contribution < -0.4 is 0 Å². The van der Waals surface area contributed by atoms with Gasteiger partial charge in [-0.1, -0.05) is 30.3 Å². The Kier molecular flexibility index (Phi) is 2.43. The number of hydrogen-bond donors (Lipinski definition) is 0. The lowest BCUT2D eigenvalue weighted by Crippen LogP contribution is -2.15. The second kappa shape index (κ2) is 3.95. The van der Waals surface area contributed by atoms with Gasteiger partial charge in [-0.15, -0.1) is 0 Å². The maximum Gasteiger partial charge on any atom is 0.174 e. The molecule has 0 atom stereocenters. The molecule has 1 aromatic carbocycles. The predicted octanol–water partition coefficient (Wildman–Crippen LogP) is 2.79. The van der Waals surface area contributed by atoms with E-state index in [1.165, 1.54) is 0 Å². The standard InChI is InChI=1S/C15H14O2/c16-14-11-8-4-5-9-12(11)15(17)13(14)10-6-2-1-3-7-10/h1-3,6-7,13H,4-5,8-9H2. The monoisotopic (exact) mass is 226 g/mol. The van der Waals surface area contributed by atoms with E-state index < -0.39 is 5.92 Å². The molecule has 0 N–H and O–H groups in total. The summed E-state index contributed by atoms with van der Waals surface area (Å²) in [6.07, 6.45) is 3.67. The van der Waals surface area contributed by atoms with Gasteiger partial charge in [0.05, 0.1) is 0 Å². The molecule has 17 heavy (non-hydrogen) atoms. The lowest BCUT2D eigenvalue weighted by atomic mass is 9.93. The van der Waals surface area contributed by atoms with Crippen LogP contribution in [0.25, 0.3) is 0 Å². The van der Waals surface area contributed by atoms with E-state index in [1.807, 2.05) is 30.3 Å². The van der Waals surface area contributed by atoms with Crippen LogP contribution in [-0.2, 0) is 9.59 Å². The third-order valence-electron chi connectivity index (χ3n) is 3.72. The van der Waals surface area contributed by atoms with Crippen molar-refractivity contribution >= 4 is 11.6 Å². The molecule has 1 aromatic rings. The Morgan fingerprint density at radius 2 is 1.35 bits per heavy atom. The Morgan fingerprint density at radius 1 is 0.824 bits per heavy atom. The highest BCUT2D eigenvalue weighted by Gasteiger charge is 2.41. The quantitative estimate of drug-likeness (QED) is 0.690. The Balaban J connectivity index is 2.01. The molecule has 2 aliphatic carbocycles. The summed E-state index contributed by atoms with van der Waals surface area (Å²) in [6, 6.07) is 9.42. The first-order valence-corrected chi connectivity index (χ1v) is 6.14. The van der Waals surface area contributed by atoms with Crippen molar-refractivity contribution in [2.45, 2.75) is 31.6 Å². The maximum absolute atomic E-state index is 12.3. The second-order valence-electron chi connectivity index (χ2n) is 4.74. The zero-order valence-corrected chi connectivity index (χ0v) is 9.61. The van der Waals surface area contributed by atoms with Crippen molar-refractivity contribution in [2.75, 3.05) is 0 Å². The second-order valence-corrected chi connectivity index (χ2v) is 4.74. The first-order valence-electron chi connectivity index (χ1n) is 6.14. The topological polar surface area (TPSA) is 34.1 Å². The van der Waals surface area contributed by atoms with Crippen LogP contribution in [-0.4, -0.2) is 11.6 Å². The zero-order valence-electron chi connectivity index (χ0n) is 9.61. The maximum atomic E-state index is 12.3. The fourth-order valence-electron chi connectivity index (χ4n) is 2.86. The molecule has 0 aromatic heterocycles. The van der Waals surface area contributed by atoms with E-state index in [0.717, 1.165) is 42.4 Å². The summed E-state index contributed by atoms with van der Waals surface area (Å²) in [5.74, 6) is -0.439. The minimum absolute atomic E-state index is 0.0518. The summed E-state index contributed by atoms with van der Waals surface area (Å²) in [5, 5.41) is 0. The van der Waals surface area contributed by atoms with E-state index >= 15 is 0 Å². The van der Waals surface area contributed by atoms with Gasteiger partial charge in [-0.2, -0.15) is 0 Å². The Bertz CT molecular complexity index is 483. The molecular weight excluding hydrogens is 212 g/mol. The highest BCUT2D eigenvalue weighted by atomic mass is 16.2. The number of rotatable bonds is 1. The molecule has 0 saturated heterocycles. The number of ketones is 2. The molecule has 2 aliphatic rings. The summed E-state index contributed by atoms with van der Waals surface area (Å²) >= 11 is 0. The number of allylic oxidation sites excluding steroid dienone is 2. The van der Waals surface area contributed by atoms with Gasteiger partial charge >= 0.3 is 0 Å². The molecule has 0 spiro atoms. The van der Waals surface area contributed by atoms with Gasteiger partial charge in [0.2, 0.25) is 0 Å². The Labute approximate surface area is 100 Å². The largest absolute Gasteiger partial charge is 0.293 e. The highest BCUT2D eigenvalue weighted by molar-refractivity contribution is 6.28. The van der Waals surface area contributed by atoms with Crippen LogP contribution in [0, 0.1) is 0 Å². The van der Waals surface area contributed by atoms with Crippen molar-refractivity contribution in [3.8, 4) is 0 Å². The minimum atomic E-state index is -0.542. The van der Waals surface area contributed by atoms with Crippen molar-refractivity contribution in [2.24, 2.45) is 0 Å². The average Bonchev–Trinajstić information content (AvgIpc) is 2.64. The van der Waals surface area contributed by atoms with Gasteiger partial charge in [-0.25, -0.2) is 0 Å². The van der Waals surface area contributed by atoms with Gasteiger partial charge in [-0.05, 0) is 31.2 Å². The number of carbonyl (C=O) groups is 2. The molecule has 0 aliphatic heterocycles. The Hall–Kier alpha value is -1.70. The molecule has 3 rings (SSSR count). The lowest BCUT2D eigenvalue weighted by Gasteiger charge is -2.10. The van der Waals surface area contributed by atoms with E-state index in [-0.39, 0.29) is 11.6 Å². The highest BCUT2D eigenvalue weighted by Crippen LogP contribution is 2.39. The molecule has 0 amide bonds. The van der Waals surface area contributed by atoms with E-state index in [9.17, 15) is 9.59 Å². The van der Waals surface area contributed by atoms with Crippen molar-refractivity contribution in [1.82, 2.24) is 0 Å². The lowest BCUT2D eigenvalue weighted by molar-refractivity contribution is -0.123. The molecule has 2 nitrogen and oxygen atoms in total. The van der Waals surface area contributed by atoms with Crippen molar-refractivity contribution in [1.29, 1.82) is 0 Å². The summed E-state index contributed by atoms with van der Waals surface area (Å²) in [6.45, 7) is 0. The fraction of sp³-hybridized carbons (Fsp3) is 0.333. The average molecular weight is 226 g/mol. The van der Waals surface area contributed by atoms with Gasteiger partial charge in [0.15, 0.2) is 11.6 Å². The van der Waals surface area contributed by atoms with Gasteiger partial charge < -0.3 is 0 Å². The third kappa shape index (κ3) is 1.55. The molecule has 0 radical (unpaired) electrons. The van der Waals surface area contributed by atoms with Gasteiger partial charge in [0, 0.05) is 11.1 Å². The van der Waals surface area contributed by atoms with Crippen LogP contribution in [0.2, 0.25) is 0 Å². The molecule has 0 heterocycles. The molecule has 0 unspecified atom stereocenters. The van der Waals surface area contributed by atoms with Crippen LogP contribution in [0.1, 0.15) is 37.2 Å². The number of carbonyl (C=O) groups excluding carboxylic acids is 2. The zero-order chi connectivity index (χ0) is 11.8. The van der Waals surface area contributed by atoms with Crippen LogP contribution in [0.5, 0.6) is 0 Å². The van der Waals surface area contributed by atoms with Crippen LogP contribution in [0.3, 0.4) is 0 Å². The van der Waals surface area contributed by atoms with Crippen LogP contribution in [0.4, 0.5) is 0 Å². The van der Waals surface area contributed by atoms with E-state index in [4.69, 9.17) is 0 Å². The number of benzene rings is 1. The minimum Gasteiger partial charge on any atom is -0.293 e. The van der Waals surface area contributed by atoms with Crippen LogP contribution >= 0.6 is 0 Å². The summed E-state index contributed by atoms with van der Waals surface area (Å²) < 4.78 is 0. The van der Waals surface area contributed by atoms with Crippen LogP contribution in [0.15, 0.2) is 41.5 Å². The van der Waals surface area contributed by atoms with Crippen molar-refractivity contribution in [3.05, 3.63) is 47.0 Å². The van der Waals surface area contributed by atoms with Gasteiger partial charge in [0.1, 0.15) is 5.92 Å². The normalized spacial score (nSPS) is 20.9. The Morgan fingerprint density at radius 3 is 1.88 bits per heavy atom. The third-order valence-corrected chi connectivity index (χ3v) is 3.72. The molecular formula is C15H14O2. The van der Waals surface area contributed by atoms with E-state index in [2.05, 4.69) is 0 Å². The molecule has 0 saturated carbocycles. The fourth-order valence-corrected chi connectivity index (χ4v) is 2.86. The predicted molar refractivity (Wildman–Crippen MR) is 64.7 cm³/mol. The molecule has 86 valence electrons. The summed E-state index contributed by atoms with van der Waals surface area (Å²) in [7, 11) is 0.